The van der Waals surface area contributed by atoms with Gasteiger partial charge >= 0.3 is 0 Å². The first-order valence-electron chi connectivity index (χ1n) is 8.66. The normalized spacial score (nSPS) is 15.2. The summed E-state index contributed by atoms with van der Waals surface area (Å²) in [5, 5.41) is 7.79. The molecule has 2 aromatic rings. The highest BCUT2D eigenvalue weighted by Gasteiger charge is 2.28. The van der Waals surface area contributed by atoms with E-state index >= 15 is 0 Å². The van der Waals surface area contributed by atoms with Gasteiger partial charge in [-0.25, -0.2) is 13.6 Å². The number of hydrogen-bond acceptors (Lipinski definition) is 5. The van der Waals surface area contributed by atoms with E-state index in [1.807, 2.05) is 0 Å². The van der Waals surface area contributed by atoms with Gasteiger partial charge in [-0.2, -0.15) is 0 Å². The molecule has 0 atom stereocenters. The number of sulfonamides is 1. The number of aromatic amines is 1. The minimum absolute atomic E-state index is 0.0341. The molecule has 0 aliphatic carbocycles. The van der Waals surface area contributed by atoms with Gasteiger partial charge in [0.1, 0.15) is 5.56 Å². The first-order valence-corrected chi connectivity index (χ1v) is 10.2. The Morgan fingerprint density at radius 3 is 2.32 bits per heavy atom. The first-order chi connectivity index (χ1) is 13.3. The molecule has 10 heteroatoms. The van der Waals surface area contributed by atoms with Crippen molar-refractivity contribution in [1.82, 2.24) is 9.88 Å². The molecule has 0 spiro atoms. The van der Waals surface area contributed by atoms with Gasteiger partial charge in [0.15, 0.2) is 0 Å². The molecule has 148 valence electrons. The molecular formula is C18H20N4O5S. The predicted molar refractivity (Wildman–Crippen MR) is 102 cm³/mol. The second-order valence-corrected chi connectivity index (χ2v) is 8.10. The molecule has 1 fully saturated rings. The number of primary sulfonamides is 1. The standard InChI is InChI=1S/C18H20N4O5S/c19-28(26,27)14-5-3-13(4-6-14)21-16(23)12-7-10-22(11-8-12)18(25)15-2-1-9-20-17(15)24/h1-6,9,12H,7-8,10-11H2,(H,20,24)(H,21,23)(H2,19,26,27). The quantitative estimate of drug-likeness (QED) is 0.681. The van der Waals surface area contributed by atoms with Gasteiger partial charge in [-0.05, 0) is 49.2 Å². The molecule has 0 radical (unpaired) electrons. The monoisotopic (exact) mass is 404 g/mol. The molecule has 3 rings (SSSR count). The van der Waals surface area contributed by atoms with Crippen molar-refractivity contribution >= 4 is 27.5 Å². The number of carbonyl (C=O) groups is 2. The minimum Gasteiger partial charge on any atom is -0.338 e. The van der Waals surface area contributed by atoms with Crippen LogP contribution in [0.15, 0.2) is 52.3 Å². The van der Waals surface area contributed by atoms with E-state index in [0.29, 0.717) is 31.6 Å². The van der Waals surface area contributed by atoms with Gasteiger partial charge in [0.25, 0.3) is 11.5 Å². The molecule has 1 aromatic heterocycles. The smallest absolute Gasteiger partial charge is 0.260 e. The van der Waals surface area contributed by atoms with Gasteiger partial charge in [-0.15, -0.1) is 0 Å². The van der Waals surface area contributed by atoms with Crippen molar-refractivity contribution in [3.05, 3.63) is 58.5 Å². The number of aromatic nitrogens is 1. The van der Waals surface area contributed by atoms with Gasteiger partial charge in [0.05, 0.1) is 4.90 Å². The lowest BCUT2D eigenvalue weighted by Crippen LogP contribution is -2.42. The van der Waals surface area contributed by atoms with Crippen molar-refractivity contribution in [2.24, 2.45) is 11.1 Å². The fourth-order valence-electron chi connectivity index (χ4n) is 3.08. The van der Waals surface area contributed by atoms with Crippen LogP contribution in [0.4, 0.5) is 5.69 Å². The Hall–Kier alpha value is -2.98. The minimum atomic E-state index is -3.78. The number of H-pyrrole nitrogens is 1. The summed E-state index contributed by atoms with van der Waals surface area (Å²) in [6.45, 7) is 0.741. The average molecular weight is 404 g/mol. The number of anilines is 1. The van der Waals surface area contributed by atoms with Crippen LogP contribution < -0.4 is 16.0 Å². The number of likely N-dealkylation sites (tertiary alicyclic amines) is 1. The van der Waals surface area contributed by atoms with E-state index in [-0.39, 0.29) is 28.2 Å². The number of amides is 2. The van der Waals surface area contributed by atoms with E-state index in [1.165, 1.54) is 36.5 Å². The zero-order valence-corrected chi connectivity index (χ0v) is 15.7. The summed E-state index contributed by atoms with van der Waals surface area (Å²) < 4.78 is 22.5. The second kappa shape index (κ2) is 7.95. The van der Waals surface area contributed by atoms with E-state index in [2.05, 4.69) is 10.3 Å². The van der Waals surface area contributed by atoms with Crippen molar-refractivity contribution < 1.29 is 18.0 Å². The van der Waals surface area contributed by atoms with Crippen LogP contribution in [0.2, 0.25) is 0 Å². The number of pyridine rings is 1. The third kappa shape index (κ3) is 4.46. The van der Waals surface area contributed by atoms with Gasteiger partial charge in [0, 0.05) is 30.9 Å². The summed E-state index contributed by atoms with van der Waals surface area (Å²) in [7, 11) is -3.78. The third-order valence-corrected chi connectivity index (χ3v) is 5.58. The fourth-order valence-corrected chi connectivity index (χ4v) is 3.59. The number of piperidine rings is 1. The third-order valence-electron chi connectivity index (χ3n) is 4.65. The average Bonchev–Trinajstić information content (AvgIpc) is 2.67. The molecule has 9 nitrogen and oxygen atoms in total. The number of carbonyl (C=O) groups excluding carboxylic acids is 2. The Labute approximate surface area is 161 Å². The molecule has 2 heterocycles. The second-order valence-electron chi connectivity index (χ2n) is 6.54. The summed E-state index contributed by atoms with van der Waals surface area (Å²) in [5.74, 6) is -0.830. The summed E-state index contributed by atoms with van der Waals surface area (Å²) in [6.07, 6.45) is 2.40. The van der Waals surface area contributed by atoms with Crippen LogP contribution in [-0.4, -0.2) is 43.2 Å². The number of nitrogens with two attached hydrogens (primary N) is 1. The molecule has 1 aliphatic heterocycles. The van der Waals surface area contributed by atoms with E-state index in [4.69, 9.17) is 5.14 Å². The summed E-state index contributed by atoms with van der Waals surface area (Å²) in [6, 6.07) is 8.66. The molecular weight excluding hydrogens is 384 g/mol. The summed E-state index contributed by atoms with van der Waals surface area (Å²) >= 11 is 0. The topological polar surface area (TPSA) is 142 Å². The maximum Gasteiger partial charge on any atom is 0.260 e. The molecule has 1 aromatic carbocycles. The van der Waals surface area contributed by atoms with Gasteiger partial charge in [-0.3, -0.25) is 14.4 Å². The van der Waals surface area contributed by atoms with Crippen LogP contribution in [0.3, 0.4) is 0 Å². The zero-order chi connectivity index (χ0) is 20.3. The Morgan fingerprint density at radius 1 is 1.11 bits per heavy atom. The Kier molecular flexibility index (Phi) is 5.61. The largest absolute Gasteiger partial charge is 0.338 e. The number of benzene rings is 1. The van der Waals surface area contributed by atoms with Crippen molar-refractivity contribution in [2.45, 2.75) is 17.7 Å². The van der Waals surface area contributed by atoms with E-state index in [9.17, 15) is 22.8 Å². The van der Waals surface area contributed by atoms with Crippen LogP contribution >= 0.6 is 0 Å². The highest BCUT2D eigenvalue weighted by Crippen LogP contribution is 2.21. The summed E-state index contributed by atoms with van der Waals surface area (Å²) in [5.41, 5.74) is 0.113. The first kappa shape index (κ1) is 19.8. The fraction of sp³-hybridized carbons (Fsp3) is 0.278. The molecule has 2 amide bonds. The van der Waals surface area contributed by atoms with Gasteiger partial charge < -0.3 is 15.2 Å². The lowest BCUT2D eigenvalue weighted by molar-refractivity contribution is -0.121. The zero-order valence-electron chi connectivity index (χ0n) is 14.9. The molecule has 28 heavy (non-hydrogen) atoms. The maximum atomic E-state index is 12.4. The van der Waals surface area contributed by atoms with E-state index < -0.39 is 15.6 Å². The SMILES string of the molecule is NS(=O)(=O)c1ccc(NC(=O)C2CCN(C(=O)c3ccc[nH]c3=O)CC2)cc1. The van der Waals surface area contributed by atoms with Crippen molar-refractivity contribution in [3.63, 3.8) is 0 Å². The van der Waals surface area contributed by atoms with Crippen molar-refractivity contribution in [3.8, 4) is 0 Å². The van der Waals surface area contributed by atoms with Crippen molar-refractivity contribution in [2.75, 3.05) is 18.4 Å². The Morgan fingerprint density at radius 2 is 1.75 bits per heavy atom. The van der Waals surface area contributed by atoms with Crippen LogP contribution in [0.5, 0.6) is 0 Å². The Balaban J connectivity index is 1.57. The maximum absolute atomic E-state index is 12.4. The predicted octanol–water partition coefficient (Wildman–Crippen LogP) is 0.513. The molecule has 0 saturated carbocycles. The van der Waals surface area contributed by atoms with Crippen LogP contribution in [0.25, 0.3) is 0 Å². The number of nitrogens with one attached hydrogen (secondary N) is 2. The molecule has 0 unspecified atom stereocenters. The van der Waals surface area contributed by atoms with Crippen LogP contribution in [0, 0.1) is 5.92 Å². The number of nitrogens with zero attached hydrogens (tertiary/aromatic N) is 1. The summed E-state index contributed by atoms with van der Waals surface area (Å²) in [4.78, 5) is 40.6. The number of hydrogen-bond donors (Lipinski definition) is 3. The highest BCUT2D eigenvalue weighted by atomic mass is 32.2. The molecule has 1 aliphatic rings. The lowest BCUT2D eigenvalue weighted by atomic mass is 9.95. The molecule has 0 bridgehead atoms. The van der Waals surface area contributed by atoms with Gasteiger partial charge in [0.2, 0.25) is 15.9 Å². The van der Waals surface area contributed by atoms with Crippen LogP contribution in [0.1, 0.15) is 23.2 Å². The number of rotatable bonds is 4. The lowest BCUT2D eigenvalue weighted by Gasteiger charge is -2.31. The van der Waals surface area contributed by atoms with Crippen LogP contribution in [-0.2, 0) is 14.8 Å². The molecule has 1 saturated heterocycles. The van der Waals surface area contributed by atoms with E-state index in [1.54, 1.807) is 11.0 Å². The van der Waals surface area contributed by atoms with Gasteiger partial charge in [-0.1, -0.05) is 0 Å². The molecule has 4 N–H and O–H groups in total. The highest BCUT2D eigenvalue weighted by molar-refractivity contribution is 7.89. The van der Waals surface area contributed by atoms with Crippen molar-refractivity contribution in [1.29, 1.82) is 0 Å². The Bertz CT molecular complexity index is 1040. The van der Waals surface area contributed by atoms with E-state index in [0.717, 1.165) is 0 Å².